The zero-order valence-electron chi connectivity index (χ0n) is 7.70. The van der Waals surface area contributed by atoms with Crippen molar-refractivity contribution in [2.45, 2.75) is 25.3 Å². The number of aliphatic hydroxyl groups excluding tert-OH is 1. The average molecular weight is 184 g/mol. The summed E-state index contributed by atoms with van der Waals surface area (Å²) in [5, 5.41) is 11.8. The molecule has 1 saturated heterocycles. The van der Waals surface area contributed by atoms with Gasteiger partial charge in [-0.1, -0.05) is 0 Å². The Hall–Kier alpha value is -0.770. The predicted octanol–water partition coefficient (Wildman–Crippen LogP) is 0.173. The maximum Gasteiger partial charge on any atom is 0.317 e. The third-order valence-corrected chi connectivity index (χ3v) is 2.74. The highest BCUT2D eigenvalue weighted by Crippen LogP contribution is 2.20. The van der Waals surface area contributed by atoms with Crippen molar-refractivity contribution in [1.29, 1.82) is 0 Å². The first kappa shape index (κ1) is 8.81. The highest BCUT2D eigenvalue weighted by molar-refractivity contribution is 5.75. The molecule has 2 N–H and O–H groups in total. The Kier molecular flexibility index (Phi) is 2.40. The van der Waals surface area contributed by atoms with Crippen LogP contribution >= 0.6 is 0 Å². The topological polar surface area (TPSA) is 52.6 Å². The third kappa shape index (κ3) is 2.12. The summed E-state index contributed by atoms with van der Waals surface area (Å²) in [7, 11) is 0. The second kappa shape index (κ2) is 3.54. The van der Waals surface area contributed by atoms with E-state index in [0.29, 0.717) is 12.0 Å². The van der Waals surface area contributed by atoms with Gasteiger partial charge in [0.2, 0.25) is 0 Å². The second-order valence-corrected chi connectivity index (χ2v) is 4.01. The quantitative estimate of drug-likeness (QED) is 0.643. The number of aliphatic hydroxyl groups is 1. The molecule has 13 heavy (non-hydrogen) atoms. The van der Waals surface area contributed by atoms with Crippen LogP contribution in [0.3, 0.4) is 0 Å². The van der Waals surface area contributed by atoms with Gasteiger partial charge in [-0.2, -0.15) is 0 Å². The van der Waals surface area contributed by atoms with Gasteiger partial charge in [-0.3, -0.25) is 0 Å². The number of hydrogen-bond acceptors (Lipinski definition) is 2. The molecule has 1 saturated carbocycles. The van der Waals surface area contributed by atoms with E-state index in [1.165, 1.54) is 0 Å². The highest BCUT2D eigenvalue weighted by atomic mass is 16.3. The fourth-order valence-corrected chi connectivity index (χ4v) is 1.66. The standard InChI is InChI=1S/C9H16N2O2/c12-6-7-3-4-11(5-7)9(13)10-8-1-2-8/h7-8,12H,1-6H2,(H,10,13). The summed E-state index contributed by atoms with van der Waals surface area (Å²) in [6.07, 6.45) is 3.20. The van der Waals surface area contributed by atoms with Crippen molar-refractivity contribution >= 4 is 6.03 Å². The van der Waals surface area contributed by atoms with Crippen LogP contribution in [0.15, 0.2) is 0 Å². The lowest BCUT2D eigenvalue weighted by Gasteiger charge is -2.16. The van der Waals surface area contributed by atoms with Crippen LogP contribution in [-0.4, -0.2) is 41.8 Å². The van der Waals surface area contributed by atoms with E-state index >= 15 is 0 Å². The number of likely N-dealkylation sites (tertiary alicyclic amines) is 1. The number of nitrogens with zero attached hydrogens (tertiary/aromatic N) is 1. The van der Waals surface area contributed by atoms with Crippen molar-refractivity contribution in [2.24, 2.45) is 5.92 Å². The minimum Gasteiger partial charge on any atom is -0.396 e. The molecule has 1 unspecified atom stereocenters. The van der Waals surface area contributed by atoms with Crippen LogP contribution in [0.2, 0.25) is 0 Å². The van der Waals surface area contributed by atoms with Crippen LogP contribution in [0.1, 0.15) is 19.3 Å². The summed E-state index contributed by atoms with van der Waals surface area (Å²) in [4.78, 5) is 13.3. The minimum absolute atomic E-state index is 0.0541. The van der Waals surface area contributed by atoms with Crippen LogP contribution in [0.5, 0.6) is 0 Å². The molecule has 74 valence electrons. The van der Waals surface area contributed by atoms with Crippen molar-refractivity contribution in [3.05, 3.63) is 0 Å². The number of rotatable bonds is 2. The molecule has 4 heteroatoms. The molecule has 1 aliphatic carbocycles. The van der Waals surface area contributed by atoms with Crippen molar-refractivity contribution in [1.82, 2.24) is 10.2 Å². The van der Waals surface area contributed by atoms with Crippen LogP contribution in [-0.2, 0) is 0 Å². The van der Waals surface area contributed by atoms with Crippen molar-refractivity contribution in [3.63, 3.8) is 0 Å². The molecule has 0 aromatic carbocycles. The van der Waals surface area contributed by atoms with Crippen LogP contribution in [0, 0.1) is 5.92 Å². The molecule has 0 bridgehead atoms. The van der Waals surface area contributed by atoms with Gasteiger partial charge >= 0.3 is 6.03 Å². The highest BCUT2D eigenvalue weighted by Gasteiger charge is 2.29. The normalized spacial score (nSPS) is 27.8. The molecule has 0 spiro atoms. The number of urea groups is 1. The molecule has 4 nitrogen and oxygen atoms in total. The Morgan fingerprint density at radius 3 is 2.77 bits per heavy atom. The summed E-state index contributed by atoms with van der Waals surface area (Å²) in [5.74, 6) is 0.296. The Bertz CT molecular complexity index is 204. The van der Waals surface area contributed by atoms with E-state index in [1.54, 1.807) is 4.90 Å². The average Bonchev–Trinajstić information content (AvgIpc) is 2.82. The lowest BCUT2D eigenvalue weighted by molar-refractivity contribution is 0.198. The molecular formula is C9H16N2O2. The van der Waals surface area contributed by atoms with Crippen molar-refractivity contribution in [3.8, 4) is 0 Å². The summed E-state index contributed by atoms with van der Waals surface area (Å²) in [5.41, 5.74) is 0. The molecule has 2 rings (SSSR count). The first-order chi connectivity index (χ1) is 6.29. The van der Waals surface area contributed by atoms with E-state index in [-0.39, 0.29) is 12.6 Å². The number of carbonyl (C=O) groups excluding carboxylic acids is 1. The van der Waals surface area contributed by atoms with E-state index in [0.717, 1.165) is 32.4 Å². The fourth-order valence-electron chi connectivity index (χ4n) is 1.66. The van der Waals surface area contributed by atoms with Gasteiger partial charge in [-0.25, -0.2) is 4.79 Å². The van der Waals surface area contributed by atoms with E-state index < -0.39 is 0 Å². The third-order valence-electron chi connectivity index (χ3n) is 2.74. The molecule has 1 atom stereocenters. The van der Waals surface area contributed by atoms with E-state index in [2.05, 4.69) is 5.32 Å². The van der Waals surface area contributed by atoms with E-state index in [4.69, 9.17) is 5.11 Å². The van der Waals surface area contributed by atoms with Gasteiger partial charge in [-0.15, -0.1) is 0 Å². The van der Waals surface area contributed by atoms with Gasteiger partial charge in [-0.05, 0) is 19.3 Å². The number of nitrogens with one attached hydrogen (secondary N) is 1. The monoisotopic (exact) mass is 184 g/mol. The Labute approximate surface area is 77.9 Å². The first-order valence-corrected chi connectivity index (χ1v) is 4.96. The molecule has 0 radical (unpaired) electrons. The largest absolute Gasteiger partial charge is 0.396 e. The Morgan fingerprint density at radius 2 is 2.23 bits per heavy atom. The second-order valence-electron chi connectivity index (χ2n) is 4.01. The van der Waals surface area contributed by atoms with Gasteiger partial charge in [0.25, 0.3) is 0 Å². The fraction of sp³-hybridized carbons (Fsp3) is 0.889. The van der Waals surface area contributed by atoms with Crippen molar-refractivity contribution in [2.75, 3.05) is 19.7 Å². The first-order valence-electron chi connectivity index (χ1n) is 4.96. The van der Waals surface area contributed by atoms with Gasteiger partial charge in [0.1, 0.15) is 0 Å². The molecule has 2 aliphatic rings. The number of hydrogen-bond donors (Lipinski definition) is 2. The lowest BCUT2D eigenvalue weighted by Crippen LogP contribution is -2.39. The molecule has 0 aromatic heterocycles. The number of carbonyl (C=O) groups is 1. The van der Waals surface area contributed by atoms with Gasteiger partial charge in [0, 0.05) is 31.7 Å². The SMILES string of the molecule is O=C(NC1CC1)N1CCC(CO)C1. The molecule has 2 fully saturated rings. The van der Waals surface area contributed by atoms with Gasteiger partial charge in [0.05, 0.1) is 0 Å². The maximum absolute atomic E-state index is 11.5. The van der Waals surface area contributed by atoms with Crippen LogP contribution in [0.25, 0.3) is 0 Å². The van der Waals surface area contributed by atoms with Gasteiger partial charge < -0.3 is 15.3 Å². The zero-order chi connectivity index (χ0) is 9.26. The molecule has 1 heterocycles. The summed E-state index contributed by atoms with van der Waals surface area (Å²) in [6, 6.07) is 0.485. The molecule has 2 amide bonds. The van der Waals surface area contributed by atoms with E-state index in [1.807, 2.05) is 0 Å². The minimum atomic E-state index is 0.0541. The predicted molar refractivity (Wildman–Crippen MR) is 48.3 cm³/mol. The zero-order valence-corrected chi connectivity index (χ0v) is 7.70. The van der Waals surface area contributed by atoms with Crippen molar-refractivity contribution < 1.29 is 9.90 Å². The Balaban J connectivity index is 1.77. The molecule has 1 aliphatic heterocycles. The molecule has 0 aromatic rings. The summed E-state index contributed by atoms with van der Waals surface area (Å²) >= 11 is 0. The molecular weight excluding hydrogens is 168 g/mol. The number of amides is 2. The summed E-state index contributed by atoms with van der Waals surface area (Å²) < 4.78 is 0. The lowest BCUT2D eigenvalue weighted by atomic mass is 10.1. The smallest absolute Gasteiger partial charge is 0.317 e. The van der Waals surface area contributed by atoms with Crippen LogP contribution in [0.4, 0.5) is 4.79 Å². The Morgan fingerprint density at radius 1 is 1.46 bits per heavy atom. The van der Waals surface area contributed by atoms with Crippen LogP contribution < -0.4 is 5.32 Å². The van der Waals surface area contributed by atoms with E-state index in [9.17, 15) is 4.79 Å². The summed E-state index contributed by atoms with van der Waals surface area (Å²) in [6.45, 7) is 1.71. The maximum atomic E-state index is 11.5. The van der Waals surface area contributed by atoms with Gasteiger partial charge in [0.15, 0.2) is 0 Å².